The molecule has 1 saturated heterocycles. The first-order chi connectivity index (χ1) is 10.4. The summed E-state index contributed by atoms with van der Waals surface area (Å²) in [5.74, 6) is 1.06. The molecule has 1 N–H and O–H groups in total. The van der Waals surface area contributed by atoms with Gasteiger partial charge in [0.2, 0.25) is 0 Å². The molecule has 3 rings (SSSR count). The van der Waals surface area contributed by atoms with Crippen molar-refractivity contribution in [2.75, 3.05) is 18.4 Å². The molecule has 1 aromatic rings. The Hall–Kier alpha value is -1.09. The van der Waals surface area contributed by atoms with Gasteiger partial charge in [-0.15, -0.1) is 0 Å². The van der Waals surface area contributed by atoms with E-state index in [0.717, 1.165) is 5.82 Å². The standard InChI is InChI=1S/C18H29N3/c1-2-12-21-13-6-5-9-17(21)15-10-11-18(19-14-15)20-16-7-3-4-8-16/h10-11,14,16-17H,2-9,12-13H2,1H3,(H,19,20). The lowest BCUT2D eigenvalue weighted by atomic mass is 9.96. The minimum Gasteiger partial charge on any atom is -0.367 e. The fourth-order valence-electron chi connectivity index (χ4n) is 3.89. The van der Waals surface area contributed by atoms with Crippen molar-refractivity contribution in [3.63, 3.8) is 0 Å². The molecule has 2 fully saturated rings. The molecule has 1 aliphatic carbocycles. The lowest BCUT2D eigenvalue weighted by Gasteiger charge is -2.35. The van der Waals surface area contributed by atoms with Gasteiger partial charge in [-0.2, -0.15) is 0 Å². The van der Waals surface area contributed by atoms with Crippen LogP contribution < -0.4 is 5.32 Å². The molecule has 2 aliphatic rings. The maximum Gasteiger partial charge on any atom is 0.126 e. The second-order valence-electron chi connectivity index (χ2n) is 6.65. The van der Waals surface area contributed by atoms with Crippen LogP contribution in [0.25, 0.3) is 0 Å². The second kappa shape index (κ2) is 7.26. The molecule has 116 valence electrons. The SMILES string of the molecule is CCCN1CCCCC1c1ccc(NC2CCCC2)nc1. The molecule has 1 unspecified atom stereocenters. The van der Waals surface area contributed by atoms with Crippen molar-refractivity contribution in [3.8, 4) is 0 Å². The summed E-state index contributed by atoms with van der Waals surface area (Å²) in [6, 6.07) is 5.72. The van der Waals surface area contributed by atoms with E-state index in [1.165, 1.54) is 70.0 Å². The third-order valence-electron chi connectivity index (χ3n) is 5.00. The van der Waals surface area contributed by atoms with Crippen LogP contribution in [0.2, 0.25) is 0 Å². The van der Waals surface area contributed by atoms with Gasteiger partial charge in [-0.05, 0) is 56.8 Å². The van der Waals surface area contributed by atoms with Crippen LogP contribution in [-0.4, -0.2) is 29.0 Å². The van der Waals surface area contributed by atoms with E-state index in [-0.39, 0.29) is 0 Å². The van der Waals surface area contributed by atoms with E-state index in [4.69, 9.17) is 0 Å². The summed E-state index contributed by atoms with van der Waals surface area (Å²) in [6.07, 6.45) is 12.7. The van der Waals surface area contributed by atoms with Gasteiger partial charge < -0.3 is 5.32 Å². The predicted octanol–water partition coefficient (Wildman–Crippen LogP) is 4.37. The molecule has 0 amide bonds. The number of hydrogen-bond donors (Lipinski definition) is 1. The highest BCUT2D eigenvalue weighted by atomic mass is 15.2. The van der Waals surface area contributed by atoms with Gasteiger partial charge in [-0.3, -0.25) is 4.90 Å². The van der Waals surface area contributed by atoms with E-state index in [2.05, 4.69) is 40.5 Å². The van der Waals surface area contributed by atoms with Crippen molar-refractivity contribution in [1.29, 1.82) is 0 Å². The Kier molecular flexibility index (Phi) is 5.13. The van der Waals surface area contributed by atoms with Crippen molar-refractivity contribution >= 4 is 5.82 Å². The van der Waals surface area contributed by atoms with Crippen LogP contribution in [0, 0.1) is 0 Å². The van der Waals surface area contributed by atoms with Crippen molar-refractivity contribution in [3.05, 3.63) is 23.9 Å². The Morgan fingerprint density at radius 1 is 1.14 bits per heavy atom. The lowest BCUT2D eigenvalue weighted by Crippen LogP contribution is -2.34. The summed E-state index contributed by atoms with van der Waals surface area (Å²) in [5.41, 5.74) is 1.40. The molecule has 21 heavy (non-hydrogen) atoms. The van der Waals surface area contributed by atoms with Gasteiger partial charge in [-0.1, -0.05) is 32.3 Å². The topological polar surface area (TPSA) is 28.2 Å². The lowest BCUT2D eigenvalue weighted by molar-refractivity contribution is 0.149. The van der Waals surface area contributed by atoms with E-state index < -0.39 is 0 Å². The van der Waals surface area contributed by atoms with Gasteiger partial charge in [-0.25, -0.2) is 4.98 Å². The summed E-state index contributed by atoms with van der Waals surface area (Å²) < 4.78 is 0. The van der Waals surface area contributed by atoms with Crippen LogP contribution >= 0.6 is 0 Å². The summed E-state index contributed by atoms with van der Waals surface area (Å²) in [7, 11) is 0. The van der Waals surface area contributed by atoms with Crippen LogP contribution in [0.5, 0.6) is 0 Å². The maximum absolute atomic E-state index is 4.67. The van der Waals surface area contributed by atoms with Crippen molar-refractivity contribution in [1.82, 2.24) is 9.88 Å². The van der Waals surface area contributed by atoms with E-state index in [0.29, 0.717) is 12.1 Å². The zero-order valence-corrected chi connectivity index (χ0v) is 13.4. The zero-order chi connectivity index (χ0) is 14.5. The van der Waals surface area contributed by atoms with Gasteiger partial charge in [0.15, 0.2) is 0 Å². The predicted molar refractivity (Wildman–Crippen MR) is 88.6 cm³/mol. The number of aromatic nitrogens is 1. The number of piperidine rings is 1. The Bertz CT molecular complexity index is 421. The van der Waals surface area contributed by atoms with Crippen LogP contribution in [0.3, 0.4) is 0 Å². The molecule has 1 saturated carbocycles. The third kappa shape index (κ3) is 3.76. The molecule has 1 atom stereocenters. The number of hydrogen-bond acceptors (Lipinski definition) is 3. The molecular formula is C18H29N3. The molecule has 1 aliphatic heterocycles. The fourth-order valence-corrected chi connectivity index (χ4v) is 3.89. The Morgan fingerprint density at radius 2 is 1.95 bits per heavy atom. The number of rotatable bonds is 5. The van der Waals surface area contributed by atoms with Gasteiger partial charge in [0.25, 0.3) is 0 Å². The number of likely N-dealkylation sites (tertiary alicyclic amines) is 1. The molecule has 1 aromatic heterocycles. The van der Waals surface area contributed by atoms with Crippen LogP contribution in [-0.2, 0) is 0 Å². The van der Waals surface area contributed by atoms with Crippen molar-refractivity contribution in [2.45, 2.75) is 70.4 Å². The minimum absolute atomic E-state index is 0.590. The molecular weight excluding hydrogens is 258 g/mol. The summed E-state index contributed by atoms with van der Waals surface area (Å²) >= 11 is 0. The van der Waals surface area contributed by atoms with Crippen molar-refractivity contribution in [2.24, 2.45) is 0 Å². The van der Waals surface area contributed by atoms with Crippen LogP contribution in [0.1, 0.15) is 69.9 Å². The number of anilines is 1. The monoisotopic (exact) mass is 287 g/mol. The first kappa shape index (κ1) is 14.8. The number of nitrogens with one attached hydrogen (secondary N) is 1. The number of nitrogens with zero attached hydrogens (tertiary/aromatic N) is 2. The van der Waals surface area contributed by atoms with Gasteiger partial charge in [0.05, 0.1) is 0 Å². The molecule has 0 radical (unpaired) electrons. The smallest absolute Gasteiger partial charge is 0.126 e. The molecule has 3 nitrogen and oxygen atoms in total. The quantitative estimate of drug-likeness (QED) is 0.871. The average Bonchev–Trinajstić information content (AvgIpc) is 3.02. The molecule has 0 spiro atoms. The fraction of sp³-hybridized carbons (Fsp3) is 0.722. The molecule has 3 heteroatoms. The Balaban J connectivity index is 1.64. The average molecular weight is 287 g/mol. The Morgan fingerprint density at radius 3 is 2.67 bits per heavy atom. The Labute approximate surface area is 129 Å². The first-order valence-corrected chi connectivity index (χ1v) is 8.83. The third-order valence-corrected chi connectivity index (χ3v) is 5.00. The minimum atomic E-state index is 0.590. The molecule has 0 bridgehead atoms. The highest BCUT2D eigenvalue weighted by Gasteiger charge is 2.23. The highest BCUT2D eigenvalue weighted by molar-refractivity contribution is 5.37. The highest BCUT2D eigenvalue weighted by Crippen LogP contribution is 2.31. The van der Waals surface area contributed by atoms with E-state index in [9.17, 15) is 0 Å². The largest absolute Gasteiger partial charge is 0.367 e. The van der Waals surface area contributed by atoms with Gasteiger partial charge in [0, 0.05) is 18.3 Å². The maximum atomic E-state index is 4.67. The van der Waals surface area contributed by atoms with E-state index in [1.54, 1.807) is 0 Å². The van der Waals surface area contributed by atoms with Gasteiger partial charge in [0.1, 0.15) is 5.82 Å². The normalized spacial score (nSPS) is 24.3. The van der Waals surface area contributed by atoms with E-state index >= 15 is 0 Å². The second-order valence-corrected chi connectivity index (χ2v) is 6.65. The van der Waals surface area contributed by atoms with E-state index in [1.807, 2.05) is 0 Å². The summed E-state index contributed by atoms with van der Waals surface area (Å²) in [6.45, 7) is 4.74. The molecule has 2 heterocycles. The first-order valence-electron chi connectivity index (χ1n) is 8.83. The van der Waals surface area contributed by atoms with Gasteiger partial charge >= 0.3 is 0 Å². The van der Waals surface area contributed by atoms with Crippen LogP contribution in [0.4, 0.5) is 5.82 Å². The zero-order valence-electron chi connectivity index (χ0n) is 13.4. The summed E-state index contributed by atoms with van der Waals surface area (Å²) in [4.78, 5) is 7.32. The van der Waals surface area contributed by atoms with Crippen molar-refractivity contribution < 1.29 is 0 Å². The molecule has 0 aromatic carbocycles. The van der Waals surface area contributed by atoms with Crippen LogP contribution in [0.15, 0.2) is 18.3 Å². The number of pyridine rings is 1. The summed E-state index contributed by atoms with van der Waals surface area (Å²) in [5, 5.41) is 3.58.